The van der Waals surface area contributed by atoms with E-state index in [4.69, 9.17) is 16.7 Å². The zero-order valence-corrected chi connectivity index (χ0v) is 9.45. The van der Waals surface area contributed by atoms with E-state index in [2.05, 4.69) is 10.2 Å². The number of halogens is 1. The van der Waals surface area contributed by atoms with Crippen molar-refractivity contribution in [2.75, 3.05) is 0 Å². The van der Waals surface area contributed by atoms with Crippen LogP contribution in [0.4, 0.5) is 0 Å². The molecule has 0 spiro atoms. The highest BCUT2D eigenvalue weighted by Gasteiger charge is 2.12. The largest absolute Gasteiger partial charge is 0.481 e. The molecular formula is C11H11ClN2O2. The smallest absolute Gasteiger partial charge is 0.306 e. The van der Waals surface area contributed by atoms with Gasteiger partial charge in [-0.1, -0.05) is 24.6 Å². The summed E-state index contributed by atoms with van der Waals surface area (Å²) in [5.74, 6) is -1.19. The van der Waals surface area contributed by atoms with Gasteiger partial charge in [0.15, 0.2) is 0 Å². The van der Waals surface area contributed by atoms with E-state index in [9.17, 15) is 4.79 Å². The molecule has 2 rings (SSSR count). The van der Waals surface area contributed by atoms with Crippen LogP contribution >= 0.6 is 11.6 Å². The highest BCUT2D eigenvalue weighted by Crippen LogP contribution is 2.22. The van der Waals surface area contributed by atoms with Crippen LogP contribution in [0.5, 0.6) is 0 Å². The van der Waals surface area contributed by atoms with Crippen molar-refractivity contribution in [2.45, 2.75) is 13.3 Å². The van der Waals surface area contributed by atoms with E-state index in [1.165, 1.54) is 0 Å². The van der Waals surface area contributed by atoms with Crippen molar-refractivity contribution < 1.29 is 9.90 Å². The molecule has 0 aliphatic rings. The molecular weight excluding hydrogens is 228 g/mol. The summed E-state index contributed by atoms with van der Waals surface area (Å²) in [6, 6.07) is 5.58. The number of hydrogen-bond donors (Lipinski definition) is 2. The summed E-state index contributed by atoms with van der Waals surface area (Å²) in [4.78, 5) is 10.7. The van der Waals surface area contributed by atoms with Crippen LogP contribution < -0.4 is 0 Å². The maximum atomic E-state index is 10.7. The molecule has 2 N–H and O–H groups in total. The van der Waals surface area contributed by atoms with Gasteiger partial charge in [0.25, 0.3) is 0 Å². The van der Waals surface area contributed by atoms with Crippen molar-refractivity contribution >= 4 is 28.5 Å². The van der Waals surface area contributed by atoms with Gasteiger partial charge in [0, 0.05) is 5.39 Å². The lowest BCUT2D eigenvalue weighted by Crippen LogP contribution is -2.12. The number of carbonyl (C=O) groups is 1. The highest BCUT2D eigenvalue weighted by atomic mass is 35.5. The Labute approximate surface area is 97.2 Å². The number of carboxylic acid groups (broad SMARTS) is 1. The zero-order valence-electron chi connectivity index (χ0n) is 8.70. The number of carboxylic acids is 1. The first-order chi connectivity index (χ1) is 7.58. The predicted molar refractivity (Wildman–Crippen MR) is 61.6 cm³/mol. The molecule has 0 fully saturated rings. The molecule has 0 saturated heterocycles. The van der Waals surface area contributed by atoms with Crippen molar-refractivity contribution in [3.05, 3.63) is 28.9 Å². The number of fused-ring (bicyclic) bond motifs is 1. The van der Waals surface area contributed by atoms with Gasteiger partial charge in [-0.3, -0.25) is 9.89 Å². The quantitative estimate of drug-likeness (QED) is 0.863. The van der Waals surface area contributed by atoms with E-state index in [0.717, 1.165) is 16.5 Å². The maximum absolute atomic E-state index is 10.7. The first-order valence-corrected chi connectivity index (χ1v) is 5.31. The summed E-state index contributed by atoms with van der Waals surface area (Å²) in [6.45, 7) is 1.68. The third kappa shape index (κ3) is 2.02. The molecule has 1 aromatic carbocycles. The maximum Gasteiger partial charge on any atom is 0.306 e. The van der Waals surface area contributed by atoms with Crippen molar-refractivity contribution in [2.24, 2.45) is 5.92 Å². The van der Waals surface area contributed by atoms with Crippen LogP contribution in [0.15, 0.2) is 18.2 Å². The Morgan fingerprint density at radius 3 is 3.06 bits per heavy atom. The Hall–Kier alpha value is -1.55. The number of nitrogens with zero attached hydrogens (tertiary/aromatic N) is 1. The van der Waals surface area contributed by atoms with Crippen LogP contribution in [0.1, 0.15) is 12.5 Å². The molecule has 1 heterocycles. The molecule has 1 atom stereocenters. The normalized spacial score (nSPS) is 12.9. The fourth-order valence-electron chi connectivity index (χ4n) is 1.59. The number of aromatic nitrogens is 2. The third-order valence-electron chi connectivity index (χ3n) is 2.54. The SMILES string of the molecule is CC(Cc1ccc2n[nH]c(Cl)c2c1)C(=O)O. The second kappa shape index (κ2) is 4.14. The minimum atomic E-state index is -0.793. The molecule has 5 heteroatoms. The van der Waals surface area contributed by atoms with Gasteiger partial charge in [-0.2, -0.15) is 5.10 Å². The minimum Gasteiger partial charge on any atom is -0.481 e. The fraction of sp³-hybridized carbons (Fsp3) is 0.273. The first-order valence-electron chi connectivity index (χ1n) is 4.93. The Balaban J connectivity index is 2.32. The van der Waals surface area contributed by atoms with Crippen molar-refractivity contribution in [3.8, 4) is 0 Å². The van der Waals surface area contributed by atoms with E-state index in [-0.39, 0.29) is 0 Å². The van der Waals surface area contributed by atoms with Gasteiger partial charge >= 0.3 is 5.97 Å². The van der Waals surface area contributed by atoms with E-state index in [0.29, 0.717) is 11.6 Å². The lowest BCUT2D eigenvalue weighted by atomic mass is 10.0. The molecule has 0 aliphatic carbocycles. The second-order valence-electron chi connectivity index (χ2n) is 3.83. The average molecular weight is 239 g/mol. The minimum absolute atomic E-state index is 0.400. The van der Waals surface area contributed by atoms with Crippen LogP contribution in [0.3, 0.4) is 0 Å². The van der Waals surface area contributed by atoms with Gasteiger partial charge in [-0.25, -0.2) is 0 Å². The van der Waals surface area contributed by atoms with Crippen molar-refractivity contribution in [1.82, 2.24) is 10.2 Å². The van der Waals surface area contributed by atoms with Crippen LogP contribution in [0.25, 0.3) is 10.9 Å². The molecule has 0 aliphatic heterocycles. The summed E-state index contributed by atoms with van der Waals surface area (Å²) in [7, 11) is 0. The van der Waals surface area contributed by atoms with Crippen LogP contribution in [-0.4, -0.2) is 21.3 Å². The Bertz CT molecular complexity index is 536. The van der Waals surface area contributed by atoms with Crippen molar-refractivity contribution in [3.63, 3.8) is 0 Å². The summed E-state index contributed by atoms with van der Waals surface area (Å²) in [6.07, 6.45) is 0.493. The van der Waals surface area contributed by atoms with E-state index < -0.39 is 11.9 Å². The van der Waals surface area contributed by atoms with Gasteiger partial charge in [0.2, 0.25) is 0 Å². The molecule has 1 unspecified atom stereocenters. The standard InChI is InChI=1S/C11H11ClN2O2/c1-6(11(15)16)4-7-2-3-9-8(5-7)10(12)14-13-9/h2-3,5-6H,4H2,1H3,(H,13,14)(H,15,16). The summed E-state index contributed by atoms with van der Waals surface area (Å²) in [5.41, 5.74) is 1.74. The summed E-state index contributed by atoms with van der Waals surface area (Å²) >= 11 is 5.91. The first kappa shape index (κ1) is 11.0. The summed E-state index contributed by atoms with van der Waals surface area (Å²) in [5, 5.41) is 16.8. The average Bonchev–Trinajstić information content (AvgIpc) is 2.60. The van der Waals surface area contributed by atoms with Gasteiger partial charge < -0.3 is 5.11 Å². The van der Waals surface area contributed by atoms with Crippen LogP contribution in [0.2, 0.25) is 5.15 Å². The van der Waals surface area contributed by atoms with Crippen molar-refractivity contribution in [1.29, 1.82) is 0 Å². The Kier molecular flexibility index (Phi) is 2.83. The second-order valence-corrected chi connectivity index (χ2v) is 4.21. The monoisotopic (exact) mass is 238 g/mol. The molecule has 1 aromatic heterocycles. The molecule has 2 aromatic rings. The lowest BCUT2D eigenvalue weighted by Gasteiger charge is -2.05. The number of hydrogen-bond acceptors (Lipinski definition) is 2. The van der Waals surface area contributed by atoms with Crippen LogP contribution in [-0.2, 0) is 11.2 Å². The van der Waals surface area contributed by atoms with E-state index >= 15 is 0 Å². The van der Waals surface area contributed by atoms with Gasteiger partial charge in [0.1, 0.15) is 5.15 Å². The third-order valence-corrected chi connectivity index (χ3v) is 2.82. The predicted octanol–water partition coefficient (Wildman–Crippen LogP) is 2.48. The van der Waals surface area contributed by atoms with E-state index in [1.807, 2.05) is 18.2 Å². The highest BCUT2D eigenvalue weighted by molar-refractivity contribution is 6.34. The van der Waals surface area contributed by atoms with Gasteiger partial charge in [0.05, 0.1) is 11.4 Å². The Morgan fingerprint density at radius 1 is 1.62 bits per heavy atom. The molecule has 84 valence electrons. The number of aliphatic carboxylic acids is 1. The Morgan fingerprint density at radius 2 is 2.38 bits per heavy atom. The molecule has 0 amide bonds. The number of H-pyrrole nitrogens is 1. The number of benzene rings is 1. The van der Waals surface area contributed by atoms with Crippen LogP contribution in [0, 0.1) is 5.92 Å². The number of aromatic amines is 1. The molecule has 4 nitrogen and oxygen atoms in total. The van der Waals surface area contributed by atoms with Gasteiger partial charge in [-0.15, -0.1) is 0 Å². The van der Waals surface area contributed by atoms with Gasteiger partial charge in [-0.05, 0) is 24.1 Å². The molecule has 16 heavy (non-hydrogen) atoms. The van der Waals surface area contributed by atoms with E-state index in [1.54, 1.807) is 6.92 Å². The molecule has 0 bridgehead atoms. The molecule has 0 radical (unpaired) electrons. The summed E-state index contributed by atoms with van der Waals surface area (Å²) < 4.78 is 0. The zero-order chi connectivity index (χ0) is 11.7. The lowest BCUT2D eigenvalue weighted by molar-refractivity contribution is -0.141. The number of nitrogens with one attached hydrogen (secondary N) is 1. The fourth-order valence-corrected chi connectivity index (χ4v) is 1.79. The topological polar surface area (TPSA) is 66.0 Å². The number of rotatable bonds is 3. The molecule has 0 saturated carbocycles.